The standard InChI is InChI=1S/C9H6F3N3O/c10-9(11,12)8(14-15-8)6-2-1-3-7(4-6)13-5-16/h1-5H,(H,13,16). The first-order valence-electron chi connectivity index (χ1n) is 4.31. The molecular formula is C9H6F3N3O. The summed E-state index contributed by atoms with van der Waals surface area (Å²) in [5, 5.41) is 8.39. The van der Waals surface area contributed by atoms with Crippen molar-refractivity contribution in [2.75, 3.05) is 5.32 Å². The van der Waals surface area contributed by atoms with Gasteiger partial charge in [0.1, 0.15) is 0 Å². The molecular weight excluding hydrogens is 223 g/mol. The van der Waals surface area contributed by atoms with E-state index < -0.39 is 11.8 Å². The summed E-state index contributed by atoms with van der Waals surface area (Å²) < 4.78 is 37.9. The molecule has 7 heteroatoms. The topological polar surface area (TPSA) is 53.8 Å². The Labute approximate surface area is 88.2 Å². The Kier molecular flexibility index (Phi) is 2.18. The molecule has 4 nitrogen and oxygen atoms in total. The zero-order valence-electron chi connectivity index (χ0n) is 7.82. The van der Waals surface area contributed by atoms with E-state index in [0.29, 0.717) is 6.41 Å². The number of hydrogen-bond donors (Lipinski definition) is 1. The van der Waals surface area contributed by atoms with Crippen LogP contribution in [0.4, 0.5) is 18.9 Å². The molecule has 1 aromatic carbocycles. The SMILES string of the molecule is O=CNc1cccc(C2(C(F)(F)F)N=N2)c1. The van der Waals surface area contributed by atoms with E-state index in [4.69, 9.17) is 0 Å². The molecule has 1 heterocycles. The van der Waals surface area contributed by atoms with E-state index in [-0.39, 0.29) is 11.3 Å². The number of carbonyl (C=O) groups is 1. The van der Waals surface area contributed by atoms with Gasteiger partial charge in [-0.1, -0.05) is 12.1 Å². The van der Waals surface area contributed by atoms with E-state index in [0.717, 1.165) is 0 Å². The van der Waals surface area contributed by atoms with Crippen molar-refractivity contribution in [1.82, 2.24) is 0 Å². The van der Waals surface area contributed by atoms with Crippen LogP contribution in [0.5, 0.6) is 0 Å². The molecule has 1 amide bonds. The molecule has 2 rings (SSSR count). The van der Waals surface area contributed by atoms with Crippen molar-refractivity contribution in [2.45, 2.75) is 11.8 Å². The molecule has 84 valence electrons. The van der Waals surface area contributed by atoms with E-state index in [1.54, 1.807) is 0 Å². The maximum atomic E-state index is 12.6. The van der Waals surface area contributed by atoms with Crippen molar-refractivity contribution in [2.24, 2.45) is 10.2 Å². The predicted molar refractivity (Wildman–Crippen MR) is 48.7 cm³/mol. The van der Waals surface area contributed by atoms with Crippen LogP contribution < -0.4 is 5.32 Å². The number of anilines is 1. The Morgan fingerprint density at radius 3 is 2.50 bits per heavy atom. The number of halogens is 3. The summed E-state index contributed by atoms with van der Waals surface area (Å²) in [4.78, 5) is 10.2. The monoisotopic (exact) mass is 229 g/mol. The van der Waals surface area contributed by atoms with Gasteiger partial charge < -0.3 is 5.32 Å². The third-order valence-corrected chi connectivity index (χ3v) is 2.19. The first-order valence-corrected chi connectivity index (χ1v) is 4.31. The number of nitrogens with one attached hydrogen (secondary N) is 1. The molecule has 16 heavy (non-hydrogen) atoms. The maximum absolute atomic E-state index is 12.6. The number of hydrogen-bond acceptors (Lipinski definition) is 3. The molecule has 0 unspecified atom stereocenters. The molecule has 0 bridgehead atoms. The van der Waals surface area contributed by atoms with Crippen LogP contribution in [0.3, 0.4) is 0 Å². The molecule has 0 aliphatic carbocycles. The molecule has 1 aliphatic heterocycles. The zero-order valence-corrected chi connectivity index (χ0v) is 7.82. The minimum atomic E-state index is -4.55. The lowest BCUT2D eigenvalue weighted by atomic mass is 10.0. The summed E-state index contributed by atoms with van der Waals surface area (Å²) >= 11 is 0. The second kappa shape index (κ2) is 3.29. The van der Waals surface area contributed by atoms with E-state index in [2.05, 4.69) is 15.5 Å². The third-order valence-electron chi connectivity index (χ3n) is 2.19. The van der Waals surface area contributed by atoms with Gasteiger partial charge in [-0.05, 0) is 12.1 Å². The largest absolute Gasteiger partial charge is 0.442 e. The van der Waals surface area contributed by atoms with Crippen molar-refractivity contribution >= 4 is 12.1 Å². The number of alkyl halides is 3. The van der Waals surface area contributed by atoms with Gasteiger partial charge in [0.15, 0.2) is 0 Å². The fourth-order valence-electron chi connectivity index (χ4n) is 1.34. The molecule has 1 N–H and O–H groups in total. The van der Waals surface area contributed by atoms with Crippen molar-refractivity contribution in [1.29, 1.82) is 0 Å². The lowest BCUT2D eigenvalue weighted by Gasteiger charge is -2.15. The van der Waals surface area contributed by atoms with Crippen LogP contribution in [0.15, 0.2) is 34.5 Å². The van der Waals surface area contributed by atoms with E-state index in [1.807, 2.05) is 0 Å². The quantitative estimate of drug-likeness (QED) is 0.795. The number of nitrogens with zero attached hydrogens (tertiary/aromatic N) is 2. The molecule has 1 aliphatic rings. The summed E-state index contributed by atoms with van der Waals surface area (Å²) in [6.07, 6.45) is -4.16. The highest BCUT2D eigenvalue weighted by Gasteiger charge is 2.65. The van der Waals surface area contributed by atoms with E-state index in [9.17, 15) is 18.0 Å². The maximum Gasteiger partial charge on any atom is 0.442 e. The minimum absolute atomic E-state index is 0.105. The van der Waals surface area contributed by atoms with Crippen molar-refractivity contribution < 1.29 is 18.0 Å². The second-order valence-electron chi connectivity index (χ2n) is 3.21. The molecule has 0 aromatic heterocycles. The van der Waals surface area contributed by atoms with Gasteiger partial charge in [0.25, 0.3) is 0 Å². The molecule has 0 saturated heterocycles. The highest BCUT2D eigenvalue weighted by Crippen LogP contribution is 2.52. The zero-order chi connectivity index (χ0) is 11.8. The van der Waals surface area contributed by atoms with Gasteiger partial charge >= 0.3 is 11.8 Å². The average molecular weight is 229 g/mol. The molecule has 0 fully saturated rings. The Hall–Kier alpha value is -1.92. The van der Waals surface area contributed by atoms with Crippen LogP contribution in [0, 0.1) is 0 Å². The highest BCUT2D eigenvalue weighted by molar-refractivity contribution is 5.71. The van der Waals surface area contributed by atoms with Crippen LogP contribution in [-0.2, 0) is 10.5 Å². The van der Waals surface area contributed by atoms with Crippen LogP contribution in [-0.4, -0.2) is 12.6 Å². The van der Waals surface area contributed by atoms with Gasteiger partial charge in [-0.3, -0.25) is 4.79 Å². The molecule has 0 atom stereocenters. The lowest BCUT2D eigenvalue weighted by Crippen LogP contribution is -2.30. The van der Waals surface area contributed by atoms with Crippen molar-refractivity contribution in [3.8, 4) is 0 Å². The third kappa shape index (κ3) is 1.54. The van der Waals surface area contributed by atoms with Crippen molar-refractivity contribution in [3.05, 3.63) is 29.8 Å². The predicted octanol–water partition coefficient (Wildman–Crippen LogP) is 2.44. The Bertz CT molecular complexity index is 450. The second-order valence-corrected chi connectivity index (χ2v) is 3.21. The van der Waals surface area contributed by atoms with Gasteiger partial charge in [0.05, 0.1) is 0 Å². The van der Waals surface area contributed by atoms with Crippen LogP contribution in [0.1, 0.15) is 5.56 Å². The highest BCUT2D eigenvalue weighted by atomic mass is 19.4. The van der Waals surface area contributed by atoms with Crippen LogP contribution >= 0.6 is 0 Å². The van der Waals surface area contributed by atoms with Crippen molar-refractivity contribution in [3.63, 3.8) is 0 Å². The van der Waals surface area contributed by atoms with Gasteiger partial charge in [0.2, 0.25) is 6.41 Å². The molecule has 1 aromatic rings. The first-order chi connectivity index (χ1) is 7.49. The van der Waals surface area contributed by atoms with Crippen LogP contribution in [0.25, 0.3) is 0 Å². The summed E-state index contributed by atoms with van der Waals surface area (Å²) in [5.74, 6) is 0. The number of amides is 1. The summed E-state index contributed by atoms with van der Waals surface area (Å²) in [5.41, 5.74) is -2.27. The summed E-state index contributed by atoms with van der Waals surface area (Å²) in [7, 11) is 0. The Morgan fingerprint density at radius 1 is 1.31 bits per heavy atom. The summed E-state index contributed by atoms with van der Waals surface area (Å²) in [6.45, 7) is 0. The van der Waals surface area contributed by atoms with Crippen LogP contribution in [0.2, 0.25) is 0 Å². The summed E-state index contributed by atoms with van der Waals surface area (Å²) in [6, 6.07) is 5.34. The minimum Gasteiger partial charge on any atom is -0.329 e. The molecule has 0 radical (unpaired) electrons. The molecule has 0 spiro atoms. The van der Waals surface area contributed by atoms with Gasteiger partial charge in [-0.2, -0.15) is 13.2 Å². The lowest BCUT2D eigenvalue weighted by molar-refractivity contribution is -0.166. The van der Waals surface area contributed by atoms with E-state index >= 15 is 0 Å². The van der Waals surface area contributed by atoms with Gasteiger partial charge in [-0.25, -0.2) is 0 Å². The fourth-order valence-corrected chi connectivity index (χ4v) is 1.34. The smallest absolute Gasteiger partial charge is 0.329 e. The van der Waals surface area contributed by atoms with Gasteiger partial charge in [-0.15, -0.1) is 10.2 Å². The number of benzene rings is 1. The fraction of sp³-hybridized carbons (Fsp3) is 0.222. The average Bonchev–Trinajstić information content (AvgIpc) is 2.98. The molecule has 0 saturated carbocycles. The van der Waals surface area contributed by atoms with Gasteiger partial charge in [0, 0.05) is 11.3 Å². The first kappa shape index (κ1) is 10.6. The number of rotatable bonds is 3. The normalized spacial score (nSPS) is 16.9. The Balaban J connectivity index is 2.34. The van der Waals surface area contributed by atoms with E-state index in [1.165, 1.54) is 24.3 Å². The number of carbonyl (C=O) groups excluding carboxylic acids is 1. The Morgan fingerprint density at radius 2 is 2.00 bits per heavy atom.